The van der Waals surface area contributed by atoms with Crippen LogP contribution in [0.2, 0.25) is 0 Å². The molecule has 0 unspecified atom stereocenters. The minimum absolute atomic E-state index is 0.202. The first kappa shape index (κ1) is 12.3. The molecule has 3 nitrogen and oxygen atoms in total. The Morgan fingerprint density at radius 3 is 2.12 bits per heavy atom. The maximum atomic E-state index is 12.8. The molecule has 1 aromatic carbocycles. The van der Waals surface area contributed by atoms with Gasteiger partial charge >= 0.3 is 12.1 Å². The fourth-order valence-electron chi connectivity index (χ4n) is 0.978. The van der Waals surface area contributed by atoms with Gasteiger partial charge in [0.2, 0.25) is 0 Å². The second-order valence-electron chi connectivity index (χ2n) is 2.88. The number of nitrogens with zero attached hydrogens (tertiary/aromatic N) is 1. The lowest BCUT2D eigenvalue weighted by molar-refractivity contribution is -0.385. The molecule has 16 heavy (non-hydrogen) atoms. The van der Waals surface area contributed by atoms with E-state index in [1.165, 1.54) is 0 Å². The second-order valence-corrected chi connectivity index (χ2v) is 2.88. The Hall–Kier alpha value is -1.73. The molecule has 0 aromatic heterocycles. The van der Waals surface area contributed by atoms with Crippen molar-refractivity contribution >= 4 is 5.69 Å². The zero-order chi connectivity index (χ0) is 12.6. The van der Waals surface area contributed by atoms with Crippen LogP contribution in [-0.2, 0) is 5.92 Å². The van der Waals surface area contributed by atoms with Crippen LogP contribution in [0.25, 0.3) is 0 Å². The molecular formula is C8H4F5NO2. The average Bonchev–Trinajstić information content (AvgIpc) is 2.16. The van der Waals surface area contributed by atoms with Gasteiger partial charge in [0.15, 0.2) is 0 Å². The molecule has 1 rings (SSSR count). The van der Waals surface area contributed by atoms with Gasteiger partial charge in [0.05, 0.1) is 4.92 Å². The van der Waals surface area contributed by atoms with E-state index in [0.717, 1.165) is 12.1 Å². The van der Waals surface area contributed by atoms with Crippen LogP contribution in [0.3, 0.4) is 0 Å². The van der Waals surface area contributed by atoms with Gasteiger partial charge in [0.25, 0.3) is 5.69 Å². The maximum absolute atomic E-state index is 12.8. The number of nitro groups is 1. The smallest absolute Gasteiger partial charge is 0.258 e. The topological polar surface area (TPSA) is 43.1 Å². The van der Waals surface area contributed by atoms with Crippen LogP contribution in [0.15, 0.2) is 24.3 Å². The number of alkyl halides is 5. The molecule has 0 aliphatic carbocycles. The lowest BCUT2D eigenvalue weighted by Crippen LogP contribution is -2.33. The van der Waals surface area contributed by atoms with Gasteiger partial charge in [-0.15, -0.1) is 0 Å². The molecule has 0 radical (unpaired) electrons. The van der Waals surface area contributed by atoms with Crippen molar-refractivity contribution in [1.82, 2.24) is 0 Å². The molecular weight excluding hydrogens is 237 g/mol. The standard InChI is InChI=1S/C8H4F5NO2/c9-7(10,8(11,12)13)5-2-1-3-6(4-5)14(15)16/h1-4H. The molecule has 0 amide bonds. The SMILES string of the molecule is O=[N+]([O-])c1cccc(C(F)(F)C(F)(F)F)c1. The van der Waals surface area contributed by atoms with E-state index in [4.69, 9.17) is 0 Å². The summed E-state index contributed by atoms with van der Waals surface area (Å²) >= 11 is 0. The average molecular weight is 241 g/mol. The zero-order valence-corrected chi connectivity index (χ0v) is 7.46. The molecule has 0 spiro atoms. The predicted molar refractivity (Wildman–Crippen MR) is 43.0 cm³/mol. The Bertz CT molecular complexity index is 415. The molecule has 8 heteroatoms. The summed E-state index contributed by atoms with van der Waals surface area (Å²) in [6.45, 7) is 0. The molecule has 0 bridgehead atoms. The minimum Gasteiger partial charge on any atom is -0.258 e. The molecule has 88 valence electrons. The molecule has 0 saturated heterocycles. The van der Waals surface area contributed by atoms with Crippen LogP contribution in [0.4, 0.5) is 27.6 Å². The monoisotopic (exact) mass is 241 g/mol. The van der Waals surface area contributed by atoms with E-state index < -0.39 is 28.3 Å². The van der Waals surface area contributed by atoms with Gasteiger partial charge in [0.1, 0.15) is 0 Å². The van der Waals surface area contributed by atoms with Crippen molar-refractivity contribution in [2.24, 2.45) is 0 Å². The number of halogens is 5. The fraction of sp³-hybridized carbons (Fsp3) is 0.250. The van der Waals surface area contributed by atoms with E-state index >= 15 is 0 Å². The van der Waals surface area contributed by atoms with Crippen molar-refractivity contribution in [2.75, 3.05) is 0 Å². The van der Waals surface area contributed by atoms with Gasteiger partial charge in [0, 0.05) is 17.7 Å². The zero-order valence-electron chi connectivity index (χ0n) is 7.46. The molecule has 1 aromatic rings. The highest BCUT2D eigenvalue weighted by molar-refractivity contribution is 5.36. The van der Waals surface area contributed by atoms with Gasteiger partial charge in [-0.05, 0) is 0 Å². The first-order valence-electron chi connectivity index (χ1n) is 3.86. The molecule has 0 saturated carbocycles. The molecule has 0 aliphatic rings. The number of non-ortho nitro benzene ring substituents is 1. The molecule has 0 N–H and O–H groups in total. The third-order valence-corrected chi connectivity index (χ3v) is 1.78. The summed E-state index contributed by atoms with van der Waals surface area (Å²) < 4.78 is 61.3. The Morgan fingerprint density at radius 1 is 1.12 bits per heavy atom. The highest BCUT2D eigenvalue weighted by Crippen LogP contribution is 2.44. The molecule has 0 fully saturated rings. The van der Waals surface area contributed by atoms with Crippen molar-refractivity contribution in [3.63, 3.8) is 0 Å². The quantitative estimate of drug-likeness (QED) is 0.453. The van der Waals surface area contributed by atoms with Crippen LogP contribution in [0.5, 0.6) is 0 Å². The van der Waals surface area contributed by atoms with Crippen molar-refractivity contribution < 1.29 is 26.9 Å². The largest absolute Gasteiger partial charge is 0.458 e. The third kappa shape index (κ3) is 2.10. The summed E-state index contributed by atoms with van der Waals surface area (Å²) in [6.07, 6.45) is -5.78. The Labute approximate surface area is 85.6 Å². The van der Waals surface area contributed by atoms with Crippen molar-refractivity contribution in [1.29, 1.82) is 0 Å². The highest BCUT2D eigenvalue weighted by atomic mass is 19.4. The predicted octanol–water partition coefficient (Wildman–Crippen LogP) is 3.25. The molecule has 0 heterocycles. The summed E-state index contributed by atoms with van der Waals surface area (Å²) in [5, 5.41) is 10.2. The van der Waals surface area contributed by atoms with Crippen LogP contribution in [0, 0.1) is 10.1 Å². The van der Waals surface area contributed by atoms with E-state index in [-0.39, 0.29) is 6.07 Å². The summed E-state index contributed by atoms with van der Waals surface area (Å²) in [4.78, 5) is 9.16. The summed E-state index contributed by atoms with van der Waals surface area (Å²) in [5.41, 5.74) is -2.27. The Balaban J connectivity index is 3.24. The van der Waals surface area contributed by atoms with E-state index in [1.54, 1.807) is 0 Å². The summed E-state index contributed by atoms with van der Waals surface area (Å²) in [6, 6.07) is 2.29. The lowest BCUT2D eigenvalue weighted by Gasteiger charge is -2.19. The first-order valence-corrected chi connectivity index (χ1v) is 3.86. The van der Waals surface area contributed by atoms with Crippen LogP contribution in [0.1, 0.15) is 5.56 Å². The van der Waals surface area contributed by atoms with Gasteiger partial charge in [-0.25, -0.2) is 0 Å². The normalized spacial score (nSPS) is 12.6. The van der Waals surface area contributed by atoms with Gasteiger partial charge < -0.3 is 0 Å². The van der Waals surface area contributed by atoms with Crippen LogP contribution in [-0.4, -0.2) is 11.1 Å². The number of rotatable bonds is 2. The lowest BCUT2D eigenvalue weighted by atomic mass is 10.1. The van der Waals surface area contributed by atoms with Crippen LogP contribution < -0.4 is 0 Å². The number of hydrogen-bond acceptors (Lipinski definition) is 2. The highest BCUT2D eigenvalue weighted by Gasteiger charge is 2.58. The third-order valence-electron chi connectivity index (χ3n) is 1.78. The van der Waals surface area contributed by atoms with Gasteiger partial charge in [-0.3, -0.25) is 10.1 Å². The van der Waals surface area contributed by atoms with Crippen molar-refractivity contribution in [3.8, 4) is 0 Å². The van der Waals surface area contributed by atoms with Crippen molar-refractivity contribution in [3.05, 3.63) is 39.9 Å². The van der Waals surface area contributed by atoms with Crippen LogP contribution >= 0.6 is 0 Å². The van der Waals surface area contributed by atoms with Gasteiger partial charge in [-0.1, -0.05) is 12.1 Å². The molecule has 0 aliphatic heterocycles. The summed E-state index contributed by atoms with van der Waals surface area (Å²) in [5.74, 6) is -5.10. The van der Waals surface area contributed by atoms with E-state index in [2.05, 4.69) is 0 Å². The molecule has 0 atom stereocenters. The van der Waals surface area contributed by atoms with Gasteiger partial charge in [-0.2, -0.15) is 22.0 Å². The minimum atomic E-state index is -5.78. The maximum Gasteiger partial charge on any atom is 0.458 e. The Kier molecular flexibility index (Phi) is 2.85. The second kappa shape index (κ2) is 3.69. The summed E-state index contributed by atoms with van der Waals surface area (Å²) in [7, 11) is 0. The first-order chi connectivity index (χ1) is 7.16. The van der Waals surface area contributed by atoms with E-state index in [9.17, 15) is 32.1 Å². The number of benzene rings is 1. The van der Waals surface area contributed by atoms with E-state index in [1.807, 2.05) is 0 Å². The Morgan fingerprint density at radius 2 is 1.69 bits per heavy atom. The number of nitro benzene ring substituents is 1. The van der Waals surface area contributed by atoms with E-state index in [0.29, 0.717) is 6.07 Å². The van der Waals surface area contributed by atoms with Crippen molar-refractivity contribution in [2.45, 2.75) is 12.1 Å². The number of hydrogen-bond donors (Lipinski definition) is 0. The fourth-order valence-corrected chi connectivity index (χ4v) is 0.978.